The molecule has 0 aromatic heterocycles. The van der Waals surface area contributed by atoms with Gasteiger partial charge in [-0.1, -0.05) is 0 Å². The van der Waals surface area contributed by atoms with Crippen molar-refractivity contribution in [1.82, 2.24) is 0 Å². The topological polar surface area (TPSA) is 36.9 Å². The summed E-state index contributed by atoms with van der Waals surface area (Å²) >= 11 is 0. The number of hydrogen-bond donors (Lipinski definition) is 0. The highest BCUT2D eigenvalue weighted by molar-refractivity contribution is 6.39. The molecule has 0 saturated heterocycles. The van der Waals surface area contributed by atoms with Gasteiger partial charge in [-0.3, -0.25) is 13.3 Å². The molecule has 4 rings (SSSR count). The number of ether oxygens (including phenoxy) is 1. The highest BCUT2D eigenvalue weighted by Gasteiger charge is 2.52. The fraction of sp³-hybridized carbons (Fsp3) is 0.294. The summed E-state index contributed by atoms with van der Waals surface area (Å²) in [5.41, 5.74) is -2.42. The number of hydrogen-bond acceptors (Lipinski definition) is 4. The largest absolute Gasteiger partial charge is 0.864 e. The van der Waals surface area contributed by atoms with Gasteiger partial charge in [0.15, 0.2) is 52.4 Å². The fourth-order valence-electron chi connectivity index (χ4n) is 5.43. The zero-order valence-corrected chi connectivity index (χ0v) is 28.1. The number of benzene rings is 4. The molecule has 1 unspecified atom stereocenters. The Balaban J connectivity index is 0.000000703. The molecule has 0 heterocycles. The van der Waals surface area contributed by atoms with E-state index in [0.717, 1.165) is 12.1 Å². The molecular weight excluding hydrogens is 725 g/mol. The minimum absolute atomic E-state index is 0.0347. The van der Waals surface area contributed by atoms with Crippen LogP contribution in [0.3, 0.4) is 0 Å². The molecule has 18 heteroatoms. The number of rotatable bonds is 13. The van der Waals surface area contributed by atoms with Crippen LogP contribution >= 0.6 is 0 Å². The highest BCUT2D eigenvalue weighted by Crippen LogP contribution is 2.44. The van der Waals surface area contributed by atoms with Crippen molar-refractivity contribution in [3.05, 3.63) is 124 Å². The Morgan fingerprint density at radius 1 is 0.538 bits per heavy atom. The Hall–Kier alpha value is -4.58. The zero-order valence-electron chi connectivity index (χ0n) is 28.1. The monoisotopic (exact) mass is 755 g/mol. The molecule has 0 radical (unpaired) electrons. The van der Waals surface area contributed by atoms with Gasteiger partial charge >= 0.3 is 7.32 Å². The Labute approximate surface area is 291 Å². The molecule has 4 aromatic carbocycles. The Morgan fingerprint density at radius 2 is 0.923 bits per heavy atom. The first-order valence-electron chi connectivity index (χ1n) is 15.4. The van der Waals surface area contributed by atoms with Crippen molar-refractivity contribution >= 4 is 7.32 Å². The summed E-state index contributed by atoms with van der Waals surface area (Å²) in [6.07, 6.45) is 0. The highest BCUT2D eigenvalue weighted by atomic mass is 19.2. The van der Waals surface area contributed by atoms with E-state index in [-0.39, 0.29) is 11.1 Å². The van der Waals surface area contributed by atoms with Crippen molar-refractivity contribution in [2.24, 2.45) is 0 Å². The van der Waals surface area contributed by atoms with Crippen LogP contribution in [0.5, 0.6) is 17.2 Å². The van der Waals surface area contributed by atoms with E-state index < -0.39 is 106 Å². The molecular formula is C34H30BF12NO4. The first kappa shape index (κ1) is 41.8. The summed E-state index contributed by atoms with van der Waals surface area (Å²) in [7, 11) is -2.39. The quantitative estimate of drug-likeness (QED) is 0.0341. The van der Waals surface area contributed by atoms with Gasteiger partial charge < -0.3 is 18.7 Å². The molecule has 282 valence electrons. The molecule has 0 aliphatic carbocycles. The minimum atomic E-state index is -2.39. The van der Waals surface area contributed by atoms with Crippen LogP contribution in [0.2, 0.25) is 0 Å². The van der Waals surface area contributed by atoms with Crippen LogP contribution in [0.15, 0.2) is 42.5 Å². The van der Waals surface area contributed by atoms with E-state index in [2.05, 4.69) is 6.07 Å². The Kier molecular flexibility index (Phi) is 13.9. The van der Waals surface area contributed by atoms with E-state index in [0.29, 0.717) is 50.0 Å². The standard InChI is InChI=1S/C28H28BF9NO4.C6H2F3/c1-6-39(7-2,8-3)28(5,40-9-4)23-22(14-21(34)26(37)27(23)38)43-29(41-15-10-17(30)24(35)18(31)11-15)42-16-12-19(32)25(36)20(33)13-16;7-4-2-1-3-5(8)6(4)9/h10-14H,6-9H2,1-5H3;2-3H/q+1;-1. The van der Waals surface area contributed by atoms with Crippen molar-refractivity contribution < 1.29 is 75.9 Å². The Morgan fingerprint density at radius 3 is 1.29 bits per heavy atom. The van der Waals surface area contributed by atoms with Crippen molar-refractivity contribution in [3.63, 3.8) is 0 Å². The second kappa shape index (κ2) is 17.3. The van der Waals surface area contributed by atoms with Gasteiger partial charge in [0.1, 0.15) is 22.8 Å². The molecule has 0 saturated carbocycles. The molecule has 0 bridgehead atoms. The van der Waals surface area contributed by atoms with Gasteiger partial charge in [-0.2, -0.15) is 6.07 Å². The van der Waals surface area contributed by atoms with Gasteiger partial charge in [0, 0.05) is 48.9 Å². The van der Waals surface area contributed by atoms with Gasteiger partial charge in [-0.15, -0.1) is 12.1 Å². The van der Waals surface area contributed by atoms with Crippen LogP contribution in [0, 0.1) is 75.9 Å². The molecule has 0 spiro atoms. The van der Waals surface area contributed by atoms with Crippen LogP contribution in [-0.4, -0.2) is 38.0 Å². The lowest BCUT2D eigenvalue weighted by Crippen LogP contribution is -2.62. The lowest BCUT2D eigenvalue weighted by Gasteiger charge is -2.50. The lowest BCUT2D eigenvalue weighted by atomic mass is 9.95. The smallest absolute Gasteiger partial charge is 0.489 e. The predicted octanol–water partition coefficient (Wildman–Crippen LogP) is 9.45. The SMILES string of the molecule is CCOC(C)(c1c(OB(Oc2cc(F)c(F)c(F)c2)Oc2cc(F)c(F)c(F)c2)cc(F)c(F)c1F)[N+](CC)(CC)CC.Fc1c[c-]cc(F)c1F. The zero-order chi connectivity index (χ0) is 39.1. The third-order valence-electron chi connectivity index (χ3n) is 8.18. The summed E-state index contributed by atoms with van der Waals surface area (Å²) in [6, 6.07) is 5.40. The summed E-state index contributed by atoms with van der Waals surface area (Å²) in [5.74, 6) is -22.2. The van der Waals surface area contributed by atoms with Gasteiger partial charge in [0.25, 0.3) is 0 Å². The first-order valence-corrected chi connectivity index (χ1v) is 15.4. The number of halogens is 12. The molecule has 52 heavy (non-hydrogen) atoms. The molecule has 0 aliphatic rings. The molecule has 4 aromatic rings. The van der Waals surface area contributed by atoms with E-state index >= 15 is 4.39 Å². The maximum Gasteiger partial charge on any atom is 0.864 e. The maximum absolute atomic E-state index is 15.7. The van der Waals surface area contributed by atoms with Crippen molar-refractivity contribution in [1.29, 1.82) is 0 Å². The van der Waals surface area contributed by atoms with Crippen LogP contribution < -0.4 is 14.0 Å². The predicted molar refractivity (Wildman–Crippen MR) is 163 cm³/mol. The van der Waals surface area contributed by atoms with Crippen LogP contribution in [0.1, 0.15) is 40.2 Å². The van der Waals surface area contributed by atoms with Crippen molar-refractivity contribution in [2.45, 2.75) is 40.3 Å². The van der Waals surface area contributed by atoms with Gasteiger partial charge in [0.2, 0.25) is 5.72 Å². The first-order chi connectivity index (χ1) is 24.4. The van der Waals surface area contributed by atoms with Gasteiger partial charge in [-0.05, 0) is 27.7 Å². The lowest BCUT2D eigenvalue weighted by molar-refractivity contribution is -1.00. The third kappa shape index (κ3) is 8.71. The van der Waals surface area contributed by atoms with E-state index in [1.807, 2.05) is 0 Å². The van der Waals surface area contributed by atoms with E-state index in [4.69, 9.17) is 18.7 Å². The summed E-state index contributed by atoms with van der Waals surface area (Å²) < 4.78 is 186. The van der Waals surface area contributed by atoms with Gasteiger partial charge in [-0.25, -0.2) is 43.9 Å². The maximum atomic E-state index is 15.7. The number of nitrogens with zero attached hydrogens (tertiary/aromatic N) is 1. The van der Waals surface area contributed by atoms with Crippen LogP contribution in [0.4, 0.5) is 52.7 Å². The molecule has 5 nitrogen and oxygen atoms in total. The van der Waals surface area contributed by atoms with Crippen molar-refractivity contribution in [3.8, 4) is 17.2 Å². The molecule has 0 N–H and O–H groups in total. The Bertz CT molecular complexity index is 1750. The fourth-order valence-corrected chi connectivity index (χ4v) is 5.43. The molecule has 1 atom stereocenters. The average Bonchev–Trinajstić information content (AvgIpc) is 3.08. The van der Waals surface area contributed by atoms with E-state index in [1.54, 1.807) is 27.7 Å². The molecule has 0 aliphatic heterocycles. The van der Waals surface area contributed by atoms with E-state index in [9.17, 15) is 48.3 Å². The molecule has 0 fully saturated rings. The summed E-state index contributed by atoms with van der Waals surface area (Å²) in [5, 5.41) is 0. The van der Waals surface area contributed by atoms with Crippen LogP contribution in [0.25, 0.3) is 0 Å². The van der Waals surface area contributed by atoms with E-state index in [1.165, 1.54) is 6.92 Å². The van der Waals surface area contributed by atoms with Crippen molar-refractivity contribution in [2.75, 3.05) is 26.2 Å². The number of quaternary nitrogens is 1. The average molecular weight is 755 g/mol. The third-order valence-corrected chi connectivity index (χ3v) is 8.18. The second-order valence-corrected chi connectivity index (χ2v) is 10.9. The molecule has 0 amide bonds. The normalized spacial score (nSPS) is 12.5. The summed E-state index contributed by atoms with van der Waals surface area (Å²) in [6.45, 7) is 9.15. The minimum Gasteiger partial charge on any atom is -0.489 e. The summed E-state index contributed by atoms with van der Waals surface area (Å²) in [4.78, 5) is 0. The second-order valence-electron chi connectivity index (χ2n) is 10.9. The van der Waals surface area contributed by atoms with Gasteiger partial charge in [0.05, 0.1) is 32.1 Å². The van der Waals surface area contributed by atoms with Crippen LogP contribution in [-0.2, 0) is 10.5 Å².